The lowest BCUT2D eigenvalue weighted by Gasteiger charge is -2.19. The Hall–Kier alpha value is -1.69. The van der Waals surface area contributed by atoms with E-state index in [1.54, 1.807) is 12.3 Å². The monoisotopic (exact) mass is 297 g/mol. The molecule has 0 fully saturated rings. The third-order valence-electron chi connectivity index (χ3n) is 2.58. The maximum atomic E-state index is 13.3. The Morgan fingerprint density at radius 3 is 2.71 bits per heavy atom. The number of ether oxygens (including phenoxy) is 1. The lowest BCUT2D eigenvalue weighted by atomic mass is 10.2. The van der Waals surface area contributed by atoms with Gasteiger partial charge >= 0.3 is 6.09 Å². The molecule has 0 bridgehead atoms. The van der Waals surface area contributed by atoms with Gasteiger partial charge in [0.1, 0.15) is 11.4 Å². The molecule has 2 N–H and O–H groups in total. The molecular weight excluding hydrogens is 273 g/mol. The number of nitrogens with one attached hydrogen (secondary N) is 2. The zero-order valence-corrected chi connectivity index (χ0v) is 12.9. The van der Waals surface area contributed by atoms with Crippen LogP contribution in [0.2, 0.25) is 0 Å². The third kappa shape index (κ3) is 8.24. The second-order valence-electron chi connectivity index (χ2n) is 5.74. The molecule has 0 atom stereocenters. The summed E-state index contributed by atoms with van der Waals surface area (Å²) in [4.78, 5) is 15.3. The Morgan fingerprint density at radius 1 is 1.33 bits per heavy atom. The van der Waals surface area contributed by atoms with Crippen molar-refractivity contribution in [3.05, 3.63) is 29.8 Å². The van der Waals surface area contributed by atoms with Crippen LogP contribution in [0, 0.1) is 5.82 Å². The van der Waals surface area contributed by atoms with Gasteiger partial charge in [0.15, 0.2) is 0 Å². The van der Waals surface area contributed by atoms with Crippen molar-refractivity contribution in [3.8, 4) is 0 Å². The smallest absolute Gasteiger partial charge is 0.407 e. The number of carbonyl (C=O) groups excluding carboxylic acids is 1. The van der Waals surface area contributed by atoms with E-state index < -0.39 is 11.7 Å². The van der Waals surface area contributed by atoms with Gasteiger partial charge in [-0.1, -0.05) is 0 Å². The van der Waals surface area contributed by atoms with Crippen molar-refractivity contribution in [1.82, 2.24) is 15.6 Å². The van der Waals surface area contributed by atoms with Gasteiger partial charge in [-0.25, -0.2) is 9.18 Å². The number of aromatic nitrogens is 1. The number of hydrogen-bond donors (Lipinski definition) is 2. The Labute approximate surface area is 125 Å². The normalized spacial score (nSPS) is 11.2. The Morgan fingerprint density at radius 2 is 2.05 bits per heavy atom. The first-order valence-electron chi connectivity index (χ1n) is 7.15. The van der Waals surface area contributed by atoms with Crippen molar-refractivity contribution < 1.29 is 13.9 Å². The molecule has 0 aliphatic rings. The fourth-order valence-electron chi connectivity index (χ4n) is 1.63. The van der Waals surface area contributed by atoms with E-state index in [1.165, 1.54) is 6.07 Å². The van der Waals surface area contributed by atoms with Crippen LogP contribution in [0.3, 0.4) is 0 Å². The number of nitrogens with zero attached hydrogens (tertiary/aromatic N) is 1. The quantitative estimate of drug-likeness (QED) is 0.759. The van der Waals surface area contributed by atoms with Gasteiger partial charge in [-0.2, -0.15) is 0 Å². The molecule has 1 rings (SSSR count). The van der Waals surface area contributed by atoms with E-state index in [1.807, 2.05) is 20.8 Å². The summed E-state index contributed by atoms with van der Waals surface area (Å²) in [5, 5.41) is 5.82. The first-order chi connectivity index (χ1) is 9.88. The molecule has 1 heterocycles. The van der Waals surface area contributed by atoms with Gasteiger partial charge in [0, 0.05) is 19.3 Å². The Kier molecular flexibility index (Phi) is 7.08. The highest BCUT2D eigenvalue weighted by atomic mass is 19.1. The number of unbranched alkanes of at least 4 members (excludes halogenated alkanes) is 1. The van der Waals surface area contributed by atoms with Gasteiger partial charge < -0.3 is 15.4 Å². The molecule has 118 valence electrons. The molecule has 5 nitrogen and oxygen atoms in total. The SMILES string of the molecule is CC(C)(C)OC(=O)NCCCCNCc1ncccc1F. The summed E-state index contributed by atoms with van der Waals surface area (Å²) in [5.41, 5.74) is -0.0531. The van der Waals surface area contributed by atoms with Gasteiger partial charge in [-0.15, -0.1) is 0 Å². The number of halogens is 1. The molecule has 0 saturated carbocycles. The predicted molar refractivity (Wildman–Crippen MR) is 79.4 cm³/mol. The summed E-state index contributed by atoms with van der Waals surface area (Å²) >= 11 is 0. The summed E-state index contributed by atoms with van der Waals surface area (Å²) in [6.45, 7) is 7.19. The van der Waals surface area contributed by atoms with Crippen molar-refractivity contribution in [3.63, 3.8) is 0 Å². The lowest BCUT2D eigenvalue weighted by molar-refractivity contribution is 0.0527. The van der Waals surface area contributed by atoms with Gasteiger partial charge in [-0.05, 0) is 52.3 Å². The largest absolute Gasteiger partial charge is 0.444 e. The number of alkyl carbamates (subject to hydrolysis) is 1. The molecule has 0 aromatic carbocycles. The van der Waals surface area contributed by atoms with Crippen LogP contribution in [0.5, 0.6) is 0 Å². The minimum absolute atomic E-state index is 0.295. The van der Waals surface area contributed by atoms with Crippen LogP contribution in [0.15, 0.2) is 18.3 Å². The first kappa shape index (κ1) is 17.4. The van der Waals surface area contributed by atoms with Crippen molar-refractivity contribution in [2.45, 2.75) is 45.8 Å². The van der Waals surface area contributed by atoms with E-state index in [0.717, 1.165) is 19.4 Å². The summed E-state index contributed by atoms with van der Waals surface area (Å²) in [5.74, 6) is -0.295. The topological polar surface area (TPSA) is 63.2 Å². The zero-order valence-electron chi connectivity index (χ0n) is 12.9. The molecular formula is C15H24FN3O2. The first-order valence-corrected chi connectivity index (χ1v) is 7.15. The van der Waals surface area contributed by atoms with Gasteiger partial charge in [0.25, 0.3) is 0 Å². The van der Waals surface area contributed by atoms with Crippen molar-refractivity contribution in [2.75, 3.05) is 13.1 Å². The molecule has 1 aromatic rings. The second kappa shape index (κ2) is 8.56. The standard InChI is InChI=1S/C15H24FN3O2/c1-15(2,3)21-14(20)19-9-5-4-8-17-11-13-12(16)7-6-10-18-13/h6-7,10,17H,4-5,8-9,11H2,1-3H3,(H,19,20). The van der Waals surface area contributed by atoms with Gasteiger partial charge in [-0.3, -0.25) is 4.98 Å². The van der Waals surface area contributed by atoms with Crippen LogP contribution < -0.4 is 10.6 Å². The van der Waals surface area contributed by atoms with E-state index in [9.17, 15) is 9.18 Å². The van der Waals surface area contributed by atoms with Crippen molar-refractivity contribution in [1.29, 1.82) is 0 Å². The number of amides is 1. The number of carbonyl (C=O) groups is 1. The average molecular weight is 297 g/mol. The fourth-order valence-corrected chi connectivity index (χ4v) is 1.63. The van der Waals surface area contributed by atoms with E-state index >= 15 is 0 Å². The molecule has 0 spiro atoms. The average Bonchev–Trinajstić information content (AvgIpc) is 2.37. The molecule has 6 heteroatoms. The van der Waals surface area contributed by atoms with Gasteiger partial charge in [0.05, 0.1) is 5.69 Å². The molecule has 1 amide bonds. The summed E-state index contributed by atoms with van der Waals surface area (Å²) < 4.78 is 18.4. The predicted octanol–water partition coefficient (Wildman–Crippen LogP) is 2.62. The highest BCUT2D eigenvalue weighted by Gasteiger charge is 2.15. The summed E-state index contributed by atoms with van der Waals surface area (Å²) in [7, 11) is 0. The third-order valence-corrected chi connectivity index (χ3v) is 2.58. The summed E-state index contributed by atoms with van der Waals surface area (Å²) in [6, 6.07) is 2.97. The number of rotatable bonds is 7. The highest BCUT2D eigenvalue weighted by molar-refractivity contribution is 5.67. The van der Waals surface area contributed by atoms with Crippen LogP contribution >= 0.6 is 0 Å². The second-order valence-corrected chi connectivity index (χ2v) is 5.74. The van der Waals surface area contributed by atoms with Crippen LogP contribution in [-0.2, 0) is 11.3 Å². The maximum Gasteiger partial charge on any atom is 0.407 e. The molecule has 21 heavy (non-hydrogen) atoms. The Balaban J connectivity index is 2.03. The van der Waals surface area contributed by atoms with Crippen molar-refractivity contribution in [2.24, 2.45) is 0 Å². The number of pyridine rings is 1. The maximum absolute atomic E-state index is 13.3. The van der Waals surface area contributed by atoms with E-state index in [-0.39, 0.29) is 5.82 Å². The molecule has 0 saturated heterocycles. The van der Waals surface area contributed by atoms with Crippen LogP contribution in [0.4, 0.5) is 9.18 Å². The fraction of sp³-hybridized carbons (Fsp3) is 0.600. The zero-order chi connectivity index (χ0) is 15.7. The number of hydrogen-bond acceptors (Lipinski definition) is 4. The molecule has 0 aliphatic carbocycles. The highest BCUT2D eigenvalue weighted by Crippen LogP contribution is 2.06. The molecule has 0 aliphatic heterocycles. The lowest BCUT2D eigenvalue weighted by Crippen LogP contribution is -2.33. The van der Waals surface area contributed by atoms with Crippen LogP contribution in [0.25, 0.3) is 0 Å². The van der Waals surface area contributed by atoms with Crippen LogP contribution in [-0.4, -0.2) is 29.8 Å². The molecule has 0 radical (unpaired) electrons. The van der Waals surface area contributed by atoms with E-state index in [2.05, 4.69) is 15.6 Å². The van der Waals surface area contributed by atoms with Crippen LogP contribution in [0.1, 0.15) is 39.3 Å². The van der Waals surface area contributed by atoms with Gasteiger partial charge in [0.2, 0.25) is 0 Å². The van der Waals surface area contributed by atoms with E-state index in [0.29, 0.717) is 18.8 Å². The van der Waals surface area contributed by atoms with Crippen molar-refractivity contribution >= 4 is 6.09 Å². The minimum Gasteiger partial charge on any atom is -0.444 e. The molecule has 1 aromatic heterocycles. The minimum atomic E-state index is -0.474. The summed E-state index contributed by atoms with van der Waals surface area (Å²) in [6.07, 6.45) is 2.89. The Bertz CT molecular complexity index is 447. The van der Waals surface area contributed by atoms with E-state index in [4.69, 9.17) is 4.74 Å². The molecule has 0 unspecified atom stereocenters.